The molecule has 0 spiro atoms. The van der Waals surface area contributed by atoms with Crippen LogP contribution in [0.5, 0.6) is 0 Å². The van der Waals surface area contributed by atoms with E-state index in [9.17, 15) is 9.90 Å². The topological polar surface area (TPSA) is 55.8 Å². The highest BCUT2D eigenvalue weighted by atomic mass is 16.3. The molecule has 1 aliphatic rings. The summed E-state index contributed by atoms with van der Waals surface area (Å²) < 4.78 is 0. The molecule has 5 nitrogen and oxygen atoms in total. The van der Waals surface area contributed by atoms with Gasteiger partial charge in [0.2, 0.25) is 0 Å². The zero-order chi connectivity index (χ0) is 21.3. The lowest BCUT2D eigenvalue weighted by Crippen LogP contribution is -2.36. The van der Waals surface area contributed by atoms with Gasteiger partial charge in [-0.25, -0.2) is 0 Å². The van der Waals surface area contributed by atoms with E-state index in [-0.39, 0.29) is 18.1 Å². The second-order valence-electron chi connectivity index (χ2n) is 8.25. The van der Waals surface area contributed by atoms with E-state index in [2.05, 4.69) is 53.4 Å². The molecule has 1 heterocycles. The largest absolute Gasteiger partial charge is 0.392 e. The fourth-order valence-electron chi connectivity index (χ4n) is 4.06. The molecule has 0 aliphatic carbocycles. The summed E-state index contributed by atoms with van der Waals surface area (Å²) >= 11 is 0. The Labute approximate surface area is 180 Å². The molecule has 2 N–H and O–H groups in total. The van der Waals surface area contributed by atoms with Gasteiger partial charge in [0.15, 0.2) is 0 Å². The van der Waals surface area contributed by atoms with Crippen molar-refractivity contribution >= 4 is 11.6 Å². The molecule has 2 atom stereocenters. The number of hydrogen-bond donors (Lipinski definition) is 2. The Morgan fingerprint density at radius 1 is 1.17 bits per heavy atom. The third kappa shape index (κ3) is 6.07. The van der Waals surface area contributed by atoms with Gasteiger partial charge in [0.25, 0.3) is 5.91 Å². The number of aliphatic hydroxyl groups is 1. The highest BCUT2D eigenvalue weighted by molar-refractivity contribution is 5.94. The molecule has 2 aromatic rings. The zero-order valence-corrected chi connectivity index (χ0v) is 18.3. The Hall–Kier alpha value is -2.37. The zero-order valence-electron chi connectivity index (χ0n) is 18.3. The van der Waals surface area contributed by atoms with Crippen LogP contribution in [0.15, 0.2) is 54.6 Å². The normalized spacial score (nSPS) is 17.6. The molecule has 1 amide bonds. The van der Waals surface area contributed by atoms with Gasteiger partial charge < -0.3 is 15.3 Å². The first-order valence-electron chi connectivity index (χ1n) is 11.1. The molecular formula is C25H35N3O2. The molecule has 2 aromatic carbocycles. The molecule has 3 rings (SSSR count). The summed E-state index contributed by atoms with van der Waals surface area (Å²) in [5.41, 5.74) is 3.02. The third-order valence-corrected chi connectivity index (χ3v) is 5.93. The van der Waals surface area contributed by atoms with Gasteiger partial charge in [0.1, 0.15) is 0 Å². The van der Waals surface area contributed by atoms with Crippen LogP contribution in [0.4, 0.5) is 5.69 Å². The average Bonchev–Trinajstić information content (AvgIpc) is 3.20. The Morgan fingerprint density at radius 2 is 1.90 bits per heavy atom. The average molecular weight is 410 g/mol. The van der Waals surface area contributed by atoms with Gasteiger partial charge in [-0.15, -0.1) is 0 Å². The molecule has 1 aliphatic heterocycles. The van der Waals surface area contributed by atoms with Crippen LogP contribution in [0, 0.1) is 0 Å². The van der Waals surface area contributed by atoms with Gasteiger partial charge in [-0.2, -0.15) is 0 Å². The van der Waals surface area contributed by atoms with Crippen molar-refractivity contribution in [3.8, 4) is 0 Å². The number of carbonyl (C=O) groups excluding carboxylic acids is 1. The second kappa shape index (κ2) is 11.1. The van der Waals surface area contributed by atoms with E-state index in [1.54, 1.807) is 0 Å². The number of benzene rings is 2. The summed E-state index contributed by atoms with van der Waals surface area (Å²) in [7, 11) is 2.10. The molecule has 0 unspecified atom stereocenters. The fraction of sp³-hybridized carbons (Fsp3) is 0.480. The maximum Gasteiger partial charge on any atom is 0.251 e. The van der Waals surface area contributed by atoms with Gasteiger partial charge in [-0.1, -0.05) is 50.1 Å². The monoisotopic (exact) mass is 409 g/mol. The van der Waals surface area contributed by atoms with Gasteiger partial charge in [-0.05, 0) is 42.7 Å². The number of carbonyl (C=O) groups is 1. The number of rotatable bonds is 10. The van der Waals surface area contributed by atoms with Crippen molar-refractivity contribution in [1.29, 1.82) is 0 Å². The van der Waals surface area contributed by atoms with Gasteiger partial charge in [0, 0.05) is 44.5 Å². The van der Waals surface area contributed by atoms with Crippen LogP contribution in [0.2, 0.25) is 0 Å². The molecule has 1 saturated heterocycles. The number of likely N-dealkylation sites (N-methyl/N-ethyl adjacent to an activating group) is 1. The van der Waals surface area contributed by atoms with Crippen LogP contribution in [0.1, 0.15) is 54.6 Å². The Morgan fingerprint density at radius 3 is 2.53 bits per heavy atom. The lowest BCUT2D eigenvalue weighted by atomic mass is 10.0. The first-order valence-corrected chi connectivity index (χ1v) is 11.1. The molecular weight excluding hydrogens is 374 g/mol. The third-order valence-electron chi connectivity index (χ3n) is 5.93. The summed E-state index contributed by atoms with van der Waals surface area (Å²) in [6.45, 7) is 5.40. The van der Waals surface area contributed by atoms with Crippen molar-refractivity contribution in [3.63, 3.8) is 0 Å². The number of anilines is 1. The van der Waals surface area contributed by atoms with Crippen LogP contribution in [-0.2, 0) is 0 Å². The number of β-amino-alcohol motifs (C(OH)–C–C–N with tert-alkyl or cyclic N) is 1. The van der Waals surface area contributed by atoms with Crippen molar-refractivity contribution in [3.05, 3.63) is 65.7 Å². The quantitative estimate of drug-likeness (QED) is 0.585. The van der Waals surface area contributed by atoms with Crippen molar-refractivity contribution in [1.82, 2.24) is 10.2 Å². The molecule has 1 fully saturated rings. The first kappa shape index (κ1) is 22.3. The van der Waals surface area contributed by atoms with E-state index in [4.69, 9.17) is 0 Å². The SMILES string of the molecule is CCCCCNC(=O)c1ccc(N(C)[C@H](CN2CC[C@H](O)C2)c2ccccc2)cc1. The highest BCUT2D eigenvalue weighted by Crippen LogP contribution is 2.28. The van der Waals surface area contributed by atoms with E-state index in [0.717, 1.165) is 57.5 Å². The lowest BCUT2D eigenvalue weighted by Gasteiger charge is -2.33. The van der Waals surface area contributed by atoms with Gasteiger partial charge in [-0.3, -0.25) is 9.69 Å². The predicted octanol–water partition coefficient (Wildman–Crippen LogP) is 3.85. The number of hydrogen-bond acceptors (Lipinski definition) is 4. The van der Waals surface area contributed by atoms with Gasteiger partial charge >= 0.3 is 0 Å². The Kier molecular flexibility index (Phi) is 8.29. The number of nitrogens with one attached hydrogen (secondary N) is 1. The number of unbranched alkanes of at least 4 members (excludes halogenated alkanes) is 2. The molecule has 0 radical (unpaired) electrons. The number of likely N-dealkylation sites (tertiary alicyclic amines) is 1. The maximum absolute atomic E-state index is 12.4. The van der Waals surface area contributed by atoms with E-state index in [1.165, 1.54) is 5.56 Å². The second-order valence-corrected chi connectivity index (χ2v) is 8.25. The van der Waals surface area contributed by atoms with Crippen LogP contribution in [0.3, 0.4) is 0 Å². The minimum Gasteiger partial charge on any atom is -0.392 e. The van der Waals surface area contributed by atoms with Crippen LogP contribution in [0.25, 0.3) is 0 Å². The molecule has 162 valence electrons. The predicted molar refractivity (Wildman–Crippen MR) is 123 cm³/mol. The summed E-state index contributed by atoms with van der Waals surface area (Å²) in [5, 5.41) is 12.9. The summed E-state index contributed by atoms with van der Waals surface area (Å²) in [6, 6.07) is 18.5. The van der Waals surface area contributed by atoms with Crippen LogP contribution >= 0.6 is 0 Å². The fourth-order valence-corrected chi connectivity index (χ4v) is 4.06. The van der Waals surface area contributed by atoms with Crippen molar-refractivity contribution in [2.45, 2.75) is 44.8 Å². The molecule has 5 heteroatoms. The smallest absolute Gasteiger partial charge is 0.251 e. The minimum atomic E-state index is -0.221. The highest BCUT2D eigenvalue weighted by Gasteiger charge is 2.26. The maximum atomic E-state index is 12.4. The minimum absolute atomic E-state index is 0.00836. The van der Waals surface area contributed by atoms with Crippen LogP contribution < -0.4 is 10.2 Å². The Bertz CT molecular complexity index is 779. The number of aliphatic hydroxyl groups excluding tert-OH is 1. The molecule has 30 heavy (non-hydrogen) atoms. The lowest BCUT2D eigenvalue weighted by molar-refractivity contribution is 0.0953. The van der Waals surface area contributed by atoms with Crippen molar-refractivity contribution < 1.29 is 9.90 Å². The summed E-state index contributed by atoms with van der Waals surface area (Å²) in [4.78, 5) is 16.9. The van der Waals surface area contributed by atoms with E-state index in [0.29, 0.717) is 5.56 Å². The van der Waals surface area contributed by atoms with E-state index >= 15 is 0 Å². The number of nitrogens with zero attached hydrogens (tertiary/aromatic N) is 2. The summed E-state index contributed by atoms with van der Waals surface area (Å²) in [5.74, 6) is -0.00836. The van der Waals surface area contributed by atoms with E-state index < -0.39 is 0 Å². The molecule has 0 saturated carbocycles. The number of amides is 1. The summed E-state index contributed by atoms with van der Waals surface area (Å²) in [6.07, 6.45) is 3.93. The molecule has 0 bridgehead atoms. The van der Waals surface area contributed by atoms with Crippen molar-refractivity contribution in [2.24, 2.45) is 0 Å². The van der Waals surface area contributed by atoms with Crippen LogP contribution in [-0.4, -0.2) is 55.2 Å². The van der Waals surface area contributed by atoms with E-state index in [1.807, 2.05) is 30.3 Å². The van der Waals surface area contributed by atoms with Crippen molar-refractivity contribution in [2.75, 3.05) is 38.1 Å². The standard InChI is InChI=1S/C25H35N3O2/c1-3-4-8-16-26-25(30)21-11-13-22(14-12-21)27(2)24(20-9-6-5-7-10-20)19-28-17-15-23(29)18-28/h5-7,9-14,23-24,29H,3-4,8,15-19H2,1-2H3,(H,26,30)/t23-,24+/m0/s1. The first-order chi connectivity index (χ1) is 14.6. The Balaban J connectivity index is 1.69. The van der Waals surface area contributed by atoms with Gasteiger partial charge in [0.05, 0.1) is 12.1 Å². The molecule has 0 aromatic heterocycles.